The van der Waals surface area contributed by atoms with Crippen LogP contribution in [0.1, 0.15) is 21.0 Å². The number of halogens is 3. The van der Waals surface area contributed by atoms with Gasteiger partial charge in [-0.15, -0.1) is 13.2 Å². The summed E-state index contributed by atoms with van der Waals surface area (Å²) in [4.78, 5) is 27.7. The Morgan fingerprint density at radius 1 is 1.00 bits per heavy atom. The summed E-state index contributed by atoms with van der Waals surface area (Å²) < 4.78 is 50.9. The number of hydrogen-bond acceptors (Lipinski definition) is 6. The molecule has 2 amide bonds. The molecule has 0 fully saturated rings. The molecule has 2 N–H and O–H groups in total. The lowest BCUT2D eigenvalue weighted by Crippen LogP contribution is -2.19. The maximum Gasteiger partial charge on any atom is 0.573 e. The van der Waals surface area contributed by atoms with Crippen molar-refractivity contribution in [2.75, 3.05) is 10.6 Å². The van der Waals surface area contributed by atoms with E-state index in [1.807, 2.05) is 0 Å². The molecule has 0 saturated carbocycles. The number of hydrogen-bond donors (Lipinski definition) is 2. The number of amides is 2. The number of anilines is 2. The Balaban J connectivity index is 1.69. The summed E-state index contributed by atoms with van der Waals surface area (Å²) in [7, 11) is 0. The van der Waals surface area contributed by atoms with Gasteiger partial charge in [0.15, 0.2) is 17.2 Å². The molecule has 140 valence electrons. The van der Waals surface area contributed by atoms with E-state index in [0.29, 0.717) is 0 Å². The third-order valence-corrected chi connectivity index (χ3v) is 3.06. The Kier molecular flexibility index (Phi) is 4.83. The lowest BCUT2D eigenvalue weighted by atomic mass is 10.3. The number of rotatable bonds is 5. The molecule has 0 radical (unpaired) electrons. The van der Waals surface area contributed by atoms with Crippen LogP contribution in [0.15, 0.2) is 57.8 Å². The van der Waals surface area contributed by atoms with Gasteiger partial charge in [-0.25, -0.2) is 0 Å². The molecule has 27 heavy (non-hydrogen) atoms. The van der Waals surface area contributed by atoms with Gasteiger partial charge in [-0.2, -0.15) is 4.98 Å². The number of nitrogens with zero attached hydrogens (tertiary/aromatic N) is 1. The van der Waals surface area contributed by atoms with Crippen LogP contribution in [0.4, 0.5) is 24.9 Å². The van der Waals surface area contributed by atoms with Gasteiger partial charge in [0.05, 0.1) is 12.0 Å². The largest absolute Gasteiger partial charge is 0.573 e. The Morgan fingerprint density at radius 2 is 1.78 bits per heavy atom. The fourth-order valence-corrected chi connectivity index (χ4v) is 1.97. The standard InChI is InChI=1S/C16H10F3N3O5/c17-16(18,19)27-11-5-2-1-4-9(11)20-13(23)10-8-26-15(21-10)22-14(24)12-6-3-7-25-12/h1-8H,(H,20,23)(H,21,22,24). The van der Waals surface area contributed by atoms with Crippen molar-refractivity contribution in [2.24, 2.45) is 0 Å². The van der Waals surface area contributed by atoms with Gasteiger partial charge in [0.1, 0.15) is 6.26 Å². The second kappa shape index (κ2) is 7.23. The number of para-hydroxylation sites is 2. The number of alkyl halides is 3. The number of furan rings is 1. The molecule has 1 aromatic carbocycles. The fraction of sp³-hybridized carbons (Fsp3) is 0.0625. The summed E-state index contributed by atoms with van der Waals surface area (Å²) in [6.45, 7) is 0. The van der Waals surface area contributed by atoms with E-state index < -0.39 is 23.9 Å². The molecule has 3 aromatic rings. The molecule has 0 aliphatic heterocycles. The fourth-order valence-electron chi connectivity index (χ4n) is 1.97. The number of nitrogens with one attached hydrogen (secondary N) is 2. The van der Waals surface area contributed by atoms with Gasteiger partial charge in [0.2, 0.25) is 0 Å². The van der Waals surface area contributed by atoms with Crippen LogP contribution in [0.3, 0.4) is 0 Å². The number of aromatic nitrogens is 1. The normalized spacial score (nSPS) is 11.1. The van der Waals surface area contributed by atoms with E-state index in [2.05, 4.69) is 20.4 Å². The zero-order valence-electron chi connectivity index (χ0n) is 13.2. The molecule has 2 aromatic heterocycles. The second-order valence-corrected chi connectivity index (χ2v) is 4.97. The van der Waals surface area contributed by atoms with E-state index in [9.17, 15) is 22.8 Å². The second-order valence-electron chi connectivity index (χ2n) is 4.97. The van der Waals surface area contributed by atoms with Crippen LogP contribution < -0.4 is 15.4 Å². The minimum absolute atomic E-state index is 0.00238. The van der Waals surface area contributed by atoms with Crippen LogP contribution >= 0.6 is 0 Å². The topological polar surface area (TPSA) is 107 Å². The highest BCUT2D eigenvalue weighted by molar-refractivity contribution is 6.04. The van der Waals surface area contributed by atoms with E-state index in [1.54, 1.807) is 0 Å². The molecule has 0 aliphatic rings. The van der Waals surface area contributed by atoms with Crippen LogP contribution in [0, 0.1) is 0 Å². The highest BCUT2D eigenvalue weighted by Crippen LogP contribution is 2.30. The quantitative estimate of drug-likeness (QED) is 0.698. The third-order valence-electron chi connectivity index (χ3n) is 3.06. The van der Waals surface area contributed by atoms with Crippen LogP contribution in [-0.2, 0) is 0 Å². The molecule has 2 heterocycles. The highest BCUT2D eigenvalue weighted by atomic mass is 19.4. The van der Waals surface area contributed by atoms with Crippen molar-refractivity contribution in [1.82, 2.24) is 4.98 Å². The molecule has 0 bridgehead atoms. The van der Waals surface area contributed by atoms with Crippen molar-refractivity contribution in [3.63, 3.8) is 0 Å². The van der Waals surface area contributed by atoms with Crippen molar-refractivity contribution >= 4 is 23.5 Å². The number of carbonyl (C=O) groups is 2. The lowest BCUT2D eigenvalue weighted by molar-refractivity contribution is -0.274. The molecule has 0 saturated heterocycles. The first-order chi connectivity index (χ1) is 12.8. The average molecular weight is 381 g/mol. The van der Waals surface area contributed by atoms with Gasteiger partial charge < -0.3 is 18.9 Å². The maximum absolute atomic E-state index is 12.4. The Morgan fingerprint density at radius 3 is 2.48 bits per heavy atom. The van der Waals surface area contributed by atoms with Crippen molar-refractivity contribution in [3.8, 4) is 5.75 Å². The summed E-state index contributed by atoms with van der Waals surface area (Å²) in [6.07, 6.45) is -2.69. The molecule has 3 rings (SSSR count). The summed E-state index contributed by atoms with van der Waals surface area (Å²) >= 11 is 0. The van der Waals surface area contributed by atoms with Crippen molar-refractivity contribution in [3.05, 3.63) is 60.4 Å². The molecule has 0 spiro atoms. The van der Waals surface area contributed by atoms with E-state index in [-0.39, 0.29) is 23.2 Å². The predicted molar refractivity (Wildman–Crippen MR) is 84.2 cm³/mol. The van der Waals surface area contributed by atoms with E-state index in [4.69, 9.17) is 8.83 Å². The minimum Gasteiger partial charge on any atom is -0.459 e. The third kappa shape index (κ3) is 4.66. The van der Waals surface area contributed by atoms with E-state index >= 15 is 0 Å². The van der Waals surface area contributed by atoms with E-state index in [0.717, 1.165) is 12.3 Å². The number of ether oxygens (including phenoxy) is 1. The molecular formula is C16H10F3N3O5. The maximum atomic E-state index is 12.4. The Bertz CT molecular complexity index is 950. The van der Waals surface area contributed by atoms with Crippen LogP contribution in [0.25, 0.3) is 0 Å². The monoisotopic (exact) mass is 381 g/mol. The molecule has 0 atom stereocenters. The van der Waals surface area contributed by atoms with Gasteiger partial charge in [0.25, 0.3) is 11.8 Å². The van der Waals surface area contributed by atoms with Gasteiger partial charge >= 0.3 is 12.4 Å². The number of oxazole rings is 1. The number of benzene rings is 1. The summed E-state index contributed by atoms with van der Waals surface area (Å²) in [5.41, 5.74) is -0.490. The van der Waals surface area contributed by atoms with Crippen molar-refractivity contribution in [1.29, 1.82) is 0 Å². The molecule has 0 unspecified atom stereocenters. The molecule has 0 aliphatic carbocycles. The van der Waals surface area contributed by atoms with Crippen LogP contribution in [0.5, 0.6) is 5.75 Å². The summed E-state index contributed by atoms with van der Waals surface area (Å²) in [5.74, 6) is -2.11. The summed E-state index contributed by atoms with van der Waals surface area (Å²) in [6, 6.07) is 7.61. The number of carbonyl (C=O) groups excluding carboxylic acids is 2. The van der Waals surface area contributed by atoms with E-state index in [1.165, 1.54) is 36.6 Å². The van der Waals surface area contributed by atoms with Crippen LogP contribution in [0.2, 0.25) is 0 Å². The predicted octanol–water partition coefficient (Wildman–Crippen LogP) is 3.67. The smallest absolute Gasteiger partial charge is 0.459 e. The van der Waals surface area contributed by atoms with Gasteiger partial charge in [-0.1, -0.05) is 12.1 Å². The van der Waals surface area contributed by atoms with Crippen molar-refractivity contribution in [2.45, 2.75) is 6.36 Å². The lowest BCUT2D eigenvalue weighted by Gasteiger charge is -2.13. The zero-order valence-corrected chi connectivity index (χ0v) is 13.2. The molecular weight excluding hydrogens is 371 g/mol. The summed E-state index contributed by atoms with van der Waals surface area (Å²) in [5, 5.41) is 4.49. The first kappa shape index (κ1) is 18.0. The highest BCUT2D eigenvalue weighted by Gasteiger charge is 2.32. The molecule has 11 heteroatoms. The van der Waals surface area contributed by atoms with Crippen LogP contribution in [-0.4, -0.2) is 23.2 Å². The van der Waals surface area contributed by atoms with Gasteiger partial charge in [0, 0.05) is 0 Å². The minimum atomic E-state index is -4.92. The van der Waals surface area contributed by atoms with Gasteiger partial charge in [-0.05, 0) is 24.3 Å². The Hall–Kier alpha value is -3.76. The average Bonchev–Trinajstić information content (AvgIpc) is 3.26. The SMILES string of the molecule is O=C(Nc1ccccc1OC(F)(F)F)c1coc(NC(=O)c2ccco2)n1. The van der Waals surface area contributed by atoms with Gasteiger partial charge in [-0.3, -0.25) is 14.9 Å². The first-order valence-corrected chi connectivity index (χ1v) is 7.28. The van der Waals surface area contributed by atoms with Crippen molar-refractivity contribution < 1.29 is 36.3 Å². The zero-order chi connectivity index (χ0) is 19.4. The molecule has 8 nitrogen and oxygen atoms in total. The Labute approximate surface area is 148 Å². The first-order valence-electron chi connectivity index (χ1n) is 7.28.